The third kappa shape index (κ3) is 2.14. The number of fused-ring (bicyclic) bond motifs is 1. The van der Waals surface area contributed by atoms with Crippen LogP contribution in [-0.4, -0.2) is 36.6 Å². The lowest BCUT2D eigenvalue weighted by atomic mass is 9.93. The summed E-state index contributed by atoms with van der Waals surface area (Å²) in [5, 5.41) is 0. The summed E-state index contributed by atoms with van der Waals surface area (Å²) in [4.78, 5) is 11.7. The average molecular weight is 337 g/mol. The van der Waals surface area contributed by atoms with E-state index in [2.05, 4.69) is 6.58 Å². The fraction of sp³-hybridized carbons (Fsp3) is 0.438. The van der Waals surface area contributed by atoms with Crippen molar-refractivity contribution in [3.05, 3.63) is 42.1 Å². The molecule has 3 atom stereocenters. The van der Waals surface area contributed by atoms with Crippen LogP contribution in [0.1, 0.15) is 25.8 Å². The van der Waals surface area contributed by atoms with E-state index in [-0.39, 0.29) is 10.6 Å². The SMILES string of the molecule is C=C1[C@@H]2OC(=O)O[C@]2(C)[C@@H](CC)N1S(=O)(=O)c1ccc(C)cc1. The highest BCUT2D eigenvalue weighted by molar-refractivity contribution is 7.89. The van der Waals surface area contributed by atoms with Gasteiger partial charge in [0.2, 0.25) is 0 Å². The van der Waals surface area contributed by atoms with Crippen molar-refractivity contribution in [2.24, 2.45) is 0 Å². The van der Waals surface area contributed by atoms with Gasteiger partial charge < -0.3 is 9.47 Å². The third-order valence-electron chi connectivity index (χ3n) is 4.53. The van der Waals surface area contributed by atoms with E-state index in [4.69, 9.17) is 9.47 Å². The minimum atomic E-state index is -3.80. The van der Waals surface area contributed by atoms with Crippen LogP contribution in [-0.2, 0) is 19.5 Å². The van der Waals surface area contributed by atoms with E-state index in [1.54, 1.807) is 31.2 Å². The molecule has 0 N–H and O–H groups in total. The van der Waals surface area contributed by atoms with Gasteiger partial charge in [-0.05, 0) is 32.4 Å². The molecule has 0 unspecified atom stereocenters. The molecule has 0 saturated carbocycles. The van der Waals surface area contributed by atoms with Crippen molar-refractivity contribution in [3.8, 4) is 0 Å². The van der Waals surface area contributed by atoms with E-state index >= 15 is 0 Å². The molecule has 1 aromatic carbocycles. The second-order valence-electron chi connectivity index (χ2n) is 6.06. The summed E-state index contributed by atoms with van der Waals surface area (Å²) in [5.74, 6) is 0. The van der Waals surface area contributed by atoms with Crippen molar-refractivity contribution in [2.75, 3.05) is 0 Å². The second kappa shape index (κ2) is 4.99. The average Bonchev–Trinajstić information content (AvgIpc) is 2.89. The van der Waals surface area contributed by atoms with Gasteiger partial charge in [0.15, 0.2) is 11.7 Å². The Bertz CT molecular complexity index is 770. The number of rotatable bonds is 3. The van der Waals surface area contributed by atoms with Gasteiger partial charge in [0.05, 0.1) is 16.6 Å². The van der Waals surface area contributed by atoms with E-state index in [1.807, 2.05) is 13.8 Å². The van der Waals surface area contributed by atoms with Gasteiger partial charge in [-0.3, -0.25) is 4.31 Å². The molecule has 0 bridgehead atoms. The number of hydrogen-bond acceptors (Lipinski definition) is 5. The molecule has 1 aromatic rings. The van der Waals surface area contributed by atoms with Crippen molar-refractivity contribution in [1.29, 1.82) is 0 Å². The van der Waals surface area contributed by atoms with Crippen LogP contribution in [0.2, 0.25) is 0 Å². The molecule has 0 aliphatic carbocycles. The molecule has 3 rings (SSSR count). The standard InChI is InChI=1S/C16H19NO5S/c1-5-13-16(4)14(21-15(18)22-16)11(3)17(13)23(19,20)12-8-6-10(2)7-9-12/h6-9,13-14H,3,5H2,1-2,4H3/t13-,14+,16-/m1/s1. The summed E-state index contributed by atoms with van der Waals surface area (Å²) in [7, 11) is -3.80. The van der Waals surface area contributed by atoms with Gasteiger partial charge >= 0.3 is 6.16 Å². The maximum atomic E-state index is 13.0. The van der Waals surface area contributed by atoms with E-state index < -0.39 is 33.9 Å². The Balaban J connectivity index is 2.07. The highest BCUT2D eigenvalue weighted by Gasteiger charge is 2.64. The number of nitrogens with zero attached hydrogens (tertiary/aromatic N) is 1. The number of sulfonamides is 1. The topological polar surface area (TPSA) is 72.9 Å². The van der Waals surface area contributed by atoms with Gasteiger partial charge in [-0.15, -0.1) is 0 Å². The maximum absolute atomic E-state index is 13.0. The van der Waals surface area contributed by atoms with Gasteiger partial charge in [-0.1, -0.05) is 31.2 Å². The zero-order chi connectivity index (χ0) is 17.0. The number of carbonyl (C=O) groups excluding carboxylic acids is 1. The minimum absolute atomic E-state index is 0.178. The Morgan fingerprint density at radius 3 is 2.48 bits per heavy atom. The van der Waals surface area contributed by atoms with E-state index in [0.29, 0.717) is 6.42 Å². The van der Waals surface area contributed by atoms with Crippen LogP contribution in [0.3, 0.4) is 0 Å². The van der Waals surface area contributed by atoms with Crippen LogP contribution < -0.4 is 0 Å². The highest BCUT2D eigenvalue weighted by Crippen LogP contribution is 2.47. The zero-order valence-electron chi connectivity index (χ0n) is 13.3. The number of carbonyl (C=O) groups is 1. The molecule has 2 aliphatic heterocycles. The molecule has 124 valence electrons. The number of ether oxygens (including phenoxy) is 2. The monoisotopic (exact) mass is 337 g/mol. The lowest BCUT2D eigenvalue weighted by Gasteiger charge is -2.31. The number of hydrogen-bond donors (Lipinski definition) is 0. The lowest BCUT2D eigenvalue weighted by Crippen LogP contribution is -2.47. The summed E-state index contributed by atoms with van der Waals surface area (Å²) in [5.41, 5.74) is 0.142. The van der Waals surface area contributed by atoms with Crippen molar-refractivity contribution >= 4 is 16.2 Å². The molecule has 0 radical (unpaired) electrons. The Morgan fingerprint density at radius 1 is 1.30 bits per heavy atom. The Hall–Kier alpha value is -2.02. The molecule has 7 heteroatoms. The van der Waals surface area contributed by atoms with Crippen LogP contribution in [0.25, 0.3) is 0 Å². The summed E-state index contributed by atoms with van der Waals surface area (Å²) in [6.07, 6.45) is -1.11. The van der Waals surface area contributed by atoms with E-state index in [0.717, 1.165) is 5.56 Å². The highest BCUT2D eigenvalue weighted by atomic mass is 32.2. The second-order valence-corrected chi connectivity index (χ2v) is 7.88. The van der Waals surface area contributed by atoms with Crippen molar-refractivity contribution in [1.82, 2.24) is 4.31 Å². The summed E-state index contributed by atoms with van der Waals surface area (Å²) in [6, 6.07) is 6.05. The van der Waals surface area contributed by atoms with Gasteiger partial charge in [-0.25, -0.2) is 13.2 Å². The normalized spacial score (nSPS) is 30.1. The molecule has 0 amide bonds. The zero-order valence-corrected chi connectivity index (χ0v) is 14.1. The van der Waals surface area contributed by atoms with Gasteiger partial charge in [0, 0.05) is 0 Å². The molecule has 2 fully saturated rings. The maximum Gasteiger partial charge on any atom is 0.509 e. The van der Waals surface area contributed by atoms with Crippen LogP contribution in [0.5, 0.6) is 0 Å². The lowest BCUT2D eigenvalue weighted by molar-refractivity contribution is 0.0345. The predicted molar refractivity (Wildman–Crippen MR) is 83.2 cm³/mol. The molecule has 0 aromatic heterocycles. The molecular formula is C16H19NO5S. The molecule has 6 nitrogen and oxygen atoms in total. The summed E-state index contributed by atoms with van der Waals surface area (Å²) < 4.78 is 37.8. The van der Waals surface area contributed by atoms with Crippen molar-refractivity contribution in [3.63, 3.8) is 0 Å². The van der Waals surface area contributed by atoms with Crippen molar-refractivity contribution < 1.29 is 22.7 Å². The van der Waals surface area contributed by atoms with Gasteiger partial charge in [0.25, 0.3) is 10.0 Å². The van der Waals surface area contributed by atoms with Crippen molar-refractivity contribution in [2.45, 2.75) is 49.8 Å². The number of aryl methyl sites for hydroxylation is 1. The first-order valence-electron chi connectivity index (χ1n) is 7.41. The number of benzene rings is 1. The first-order valence-corrected chi connectivity index (χ1v) is 8.85. The summed E-state index contributed by atoms with van der Waals surface area (Å²) >= 11 is 0. The molecule has 23 heavy (non-hydrogen) atoms. The first-order chi connectivity index (χ1) is 10.7. The Labute approximate surface area is 135 Å². The Kier molecular flexibility index (Phi) is 3.44. The molecule has 2 aliphatic rings. The Morgan fingerprint density at radius 2 is 1.91 bits per heavy atom. The van der Waals surface area contributed by atoms with Gasteiger partial charge in [-0.2, -0.15) is 0 Å². The predicted octanol–water partition coefficient (Wildman–Crippen LogP) is 2.59. The van der Waals surface area contributed by atoms with Crippen LogP contribution in [0.15, 0.2) is 41.4 Å². The van der Waals surface area contributed by atoms with Crippen LogP contribution in [0.4, 0.5) is 4.79 Å². The largest absolute Gasteiger partial charge is 0.509 e. The van der Waals surface area contributed by atoms with E-state index in [9.17, 15) is 13.2 Å². The van der Waals surface area contributed by atoms with Gasteiger partial charge in [0.1, 0.15) is 0 Å². The van der Waals surface area contributed by atoms with Crippen LogP contribution in [0, 0.1) is 6.92 Å². The fourth-order valence-electron chi connectivity index (χ4n) is 3.38. The molecule has 2 saturated heterocycles. The smallest absolute Gasteiger partial charge is 0.421 e. The first kappa shape index (κ1) is 15.9. The third-order valence-corrected chi connectivity index (χ3v) is 6.41. The van der Waals surface area contributed by atoms with E-state index in [1.165, 1.54) is 4.31 Å². The summed E-state index contributed by atoms with van der Waals surface area (Å²) in [6.45, 7) is 9.27. The van der Waals surface area contributed by atoms with Crippen LogP contribution >= 0.6 is 0 Å². The fourth-order valence-corrected chi connectivity index (χ4v) is 5.18. The molecule has 0 spiro atoms. The quantitative estimate of drug-likeness (QED) is 0.793. The molecular weight excluding hydrogens is 318 g/mol. The minimum Gasteiger partial charge on any atom is -0.421 e. The molecule has 2 heterocycles.